The summed E-state index contributed by atoms with van der Waals surface area (Å²) in [7, 11) is 1.60. The molecule has 0 aromatic carbocycles. The molecule has 0 spiro atoms. The van der Waals surface area contributed by atoms with Gasteiger partial charge < -0.3 is 14.7 Å². The molecule has 1 fully saturated rings. The van der Waals surface area contributed by atoms with Gasteiger partial charge >= 0.3 is 0 Å². The first-order valence-electron chi connectivity index (χ1n) is 4.74. The van der Waals surface area contributed by atoms with Crippen LogP contribution in [0.25, 0.3) is 0 Å². The van der Waals surface area contributed by atoms with E-state index in [0.717, 1.165) is 23.8 Å². The summed E-state index contributed by atoms with van der Waals surface area (Å²) in [6.45, 7) is 2.13. The van der Waals surface area contributed by atoms with Crippen LogP contribution >= 0.6 is 11.3 Å². The van der Waals surface area contributed by atoms with Gasteiger partial charge in [0.2, 0.25) is 0 Å². The molecule has 5 heteroatoms. The predicted molar refractivity (Wildman–Crippen MR) is 56.0 cm³/mol. The summed E-state index contributed by atoms with van der Waals surface area (Å²) in [6.07, 6.45) is 2.43. The van der Waals surface area contributed by atoms with Gasteiger partial charge in [-0.05, 0) is 12.8 Å². The first kappa shape index (κ1) is 9.73. The van der Waals surface area contributed by atoms with Crippen LogP contribution in [-0.4, -0.2) is 30.3 Å². The van der Waals surface area contributed by atoms with Crippen LogP contribution < -0.4 is 9.64 Å². The van der Waals surface area contributed by atoms with Crippen LogP contribution in [0.15, 0.2) is 0 Å². The largest absolute Gasteiger partial charge is 0.473 e. The predicted octanol–water partition coefficient (Wildman–Crippen LogP) is 1.24. The molecule has 1 aromatic rings. The third kappa shape index (κ3) is 1.69. The van der Waals surface area contributed by atoms with Crippen LogP contribution in [0.5, 0.6) is 5.19 Å². The molecule has 1 aromatic heterocycles. The van der Waals surface area contributed by atoms with E-state index in [1.807, 2.05) is 0 Å². The Bertz CT molecular complexity index is 308. The second kappa shape index (κ2) is 4.14. The molecule has 2 heterocycles. The molecule has 78 valence electrons. The van der Waals surface area contributed by atoms with Crippen molar-refractivity contribution in [2.75, 3.05) is 25.1 Å². The minimum atomic E-state index is 0.0485. The van der Waals surface area contributed by atoms with Crippen LogP contribution in [0, 0.1) is 0 Å². The van der Waals surface area contributed by atoms with E-state index >= 15 is 0 Å². The summed E-state index contributed by atoms with van der Waals surface area (Å²) in [4.78, 5) is 7.46. The van der Waals surface area contributed by atoms with Gasteiger partial charge in [0.25, 0.3) is 5.19 Å². The molecule has 1 aliphatic rings. The van der Waals surface area contributed by atoms with Crippen molar-refractivity contribution in [3.8, 4) is 5.19 Å². The fourth-order valence-corrected chi connectivity index (χ4v) is 2.45. The van der Waals surface area contributed by atoms with Gasteiger partial charge in [-0.2, -0.15) is 4.98 Å². The third-order valence-electron chi connectivity index (χ3n) is 2.38. The number of aliphatic hydroxyl groups is 1. The van der Waals surface area contributed by atoms with Crippen molar-refractivity contribution in [1.82, 2.24) is 4.98 Å². The van der Waals surface area contributed by atoms with E-state index in [-0.39, 0.29) is 6.61 Å². The van der Waals surface area contributed by atoms with Crippen molar-refractivity contribution in [1.29, 1.82) is 0 Å². The van der Waals surface area contributed by atoms with Crippen LogP contribution in [0.1, 0.15) is 17.7 Å². The van der Waals surface area contributed by atoms with Crippen molar-refractivity contribution in [2.45, 2.75) is 19.4 Å². The first-order valence-corrected chi connectivity index (χ1v) is 5.56. The quantitative estimate of drug-likeness (QED) is 0.822. The molecule has 0 unspecified atom stereocenters. The molecular formula is C9H14N2O2S. The van der Waals surface area contributed by atoms with Gasteiger partial charge in [-0.15, -0.1) is 0 Å². The van der Waals surface area contributed by atoms with Gasteiger partial charge in [0.1, 0.15) is 5.82 Å². The zero-order chi connectivity index (χ0) is 9.97. The maximum absolute atomic E-state index is 9.18. The van der Waals surface area contributed by atoms with Gasteiger partial charge in [-0.1, -0.05) is 11.3 Å². The molecule has 14 heavy (non-hydrogen) atoms. The number of nitrogens with zero attached hydrogens (tertiary/aromatic N) is 2. The second-order valence-corrected chi connectivity index (χ2v) is 4.33. The van der Waals surface area contributed by atoms with Gasteiger partial charge in [-0.3, -0.25) is 0 Å². The zero-order valence-corrected chi connectivity index (χ0v) is 9.01. The van der Waals surface area contributed by atoms with E-state index in [0.29, 0.717) is 5.19 Å². The summed E-state index contributed by atoms with van der Waals surface area (Å²) in [5.74, 6) is 0.909. The van der Waals surface area contributed by atoms with E-state index in [2.05, 4.69) is 9.88 Å². The first-order chi connectivity index (χ1) is 6.85. The summed E-state index contributed by atoms with van der Waals surface area (Å²) >= 11 is 1.42. The van der Waals surface area contributed by atoms with Gasteiger partial charge in [0.05, 0.1) is 18.6 Å². The van der Waals surface area contributed by atoms with E-state index in [1.54, 1.807) is 7.11 Å². The van der Waals surface area contributed by atoms with Crippen LogP contribution in [0.3, 0.4) is 0 Å². The molecule has 1 N–H and O–H groups in total. The number of aromatic nitrogens is 1. The highest BCUT2D eigenvalue weighted by atomic mass is 32.1. The Morgan fingerprint density at radius 1 is 1.50 bits per heavy atom. The molecule has 0 bridgehead atoms. The number of methoxy groups -OCH3 is 1. The number of ether oxygens (including phenoxy) is 1. The zero-order valence-electron chi connectivity index (χ0n) is 8.19. The molecule has 1 aliphatic heterocycles. The van der Waals surface area contributed by atoms with Crippen LogP contribution in [-0.2, 0) is 6.61 Å². The second-order valence-electron chi connectivity index (χ2n) is 3.28. The van der Waals surface area contributed by atoms with Crippen LogP contribution in [0.2, 0.25) is 0 Å². The lowest BCUT2D eigenvalue weighted by Gasteiger charge is -2.14. The molecule has 0 saturated carbocycles. The van der Waals surface area contributed by atoms with Crippen molar-refractivity contribution in [2.24, 2.45) is 0 Å². The van der Waals surface area contributed by atoms with Gasteiger partial charge in [0, 0.05) is 13.1 Å². The molecule has 4 nitrogen and oxygen atoms in total. The summed E-state index contributed by atoms with van der Waals surface area (Å²) < 4.78 is 5.07. The lowest BCUT2D eigenvalue weighted by molar-refractivity contribution is 0.285. The Kier molecular flexibility index (Phi) is 2.88. The highest BCUT2D eigenvalue weighted by Crippen LogP contribution is 2.32. The Hall–Kier alpha value is -0.810. The Labute approximate surface area is 87.1 Å². The fourth-order valence-electron chi connectivity index (χ4n) is 1.69. The maximum Gasteiger partial charge on any atom is 0.275 e. The standard InChI is InChI=1S/C9H14N2O2S/c1-13-9-10-8(7(6-12)14-9)11-4-2-3-5-11/h12H,2-6H2,1H3. The highest BCUT2D eigenvalue weighted by molar-refractivity contribution is 7.13. The van der Waals surface area contributed by atoms with E-state index in [1.165, 1.54) is 24.2 Å². The molecular weight excluding hydrogens is 200 g/mol. The maximum atomic E-state index is 9.18. The minimum Gasteiger partial charge on any atom is -0.473 e. The van der Waals surface area contributed by atoms with Crippen molar-refractivity contribution < 1.29 is 9.84 Å². The number of aliphatic hydroxyl groups excluding tert-OH is 1. The number of hydrogen-bond donors (Lipinski definition) is 1. The van der Waals surface area contributed by atoms with E-state index in [4.69, 9.17) is 4.74 Å². The SMILES string of the molecule is COc1nc(N2CCCC2)c(CO)s1. The molecule has 0 radical (unpaired) electrons. The molecule has 2 rings (SSSR count). The number of anilines is 1. The summed E-state index contributed by atoms with van der Waals surface area (Å²) in [6, 6.07) is 0. The molecule has 0 atom stereocenters. The number of thiazole rings is 1. The lowest BCUT2D eigenvalue weighted by atomic mass is 10.4. The van der Waals surface area contributed by atoms with Crippen molar-refractivity contribution in [3.63, 3.8) is 0 Å². The van der Waals surface area contributed by atoms with E-state index < -0.39 is 0 Å². The Morgan fingerprint density at radius 3 is 2.79 bits per heavy atom. The van der Waals surface area contributed by atoms with E-state index in [9.17, 15) is 5.11 Å². The van der Waals surface area contributed by atoms with Crippen molar-refractivity contribution >= 4 is 17.2 Å². The topological polar surface area (TPSA) is 45.6 Å². The lowest BCUT2D eigenvalue weighted by Crippen LogP contribution is -2.19. The fraction of sp³-hybridized carbons (Fsp3) is 0.667. The van der Waals surface area contributed by atoms with Gasteiger partial charge in [0.15, 0.2) is 0 Å². The monoisotopic (exact) mass is 214 g/mol. The third-order valence-corrected chi connectivity index (χ3v) is 3.37. The summed E-state index contributed by atoms with van der Waals surface area (Å²) in [5, 5.41) is 9.81. The highest BCUT2D eigenvalue weighted by Gasteiger charge is 2.20. The Morgan fingerprint density at radius 2 is 2.21 bits per heavy atom. The minimum absolute atomic E-state index is 0.0485. The normalized spacial score (nSPS) is 16.3. The Balaban J connectivity index is 2.25. The number of rotatable bonds is 3. The summed E-state index contributed by atoms with van der Waals surface area (Å²) in [5.41, 5.74) is 0. The molecule has 0 amide bonds. The smallest absolute Gasteiger partial charge is 0.275 e. The van der Waals surface area contributed by atoms with Gasteiger partial charge in [-0.25, -0.2) is 0 Å². The van der Waals surface area contributed by atoms with Crippen LogP contribution in [0.4, 0.5) is 5.82 Å². The molecule has 1 saturated heterocycles. The average Bonchev–Trinajstić information content (AvgIpc) is 2.85. The van der Waals surface area contributed by atoms with Crippen molar-refractivity contribution in [3.05, 3.63) is 4.88 Å². The average molecular weight is 214 g/mol. The number of hydrogen-bond acceptors (Lipinski definition) is 5. The molecule has 0 aliphatic carbocycles.